The SMILES string of the molecule is N#CC(Cl)c1cccc(Oc2ccccc2)c1. The molecule has 2 nitrogen and oxygen atoms in total. The molecule has 2 aromatic rings. The molecule has 1 atom stereocenters. The third-order valence-corrected chi connectivity index (χ3v) is 2.59. The van der Waals surface area contributed by atoms with E-state index in [0.717, 1.165) is 11.3 Å². The van der Waals surface area contributed by atoms with Crippen LogP contribution in [0.2, 0.25) is 0 Å². The number of rotatable bonds is 3. The largest absolute Gasteiger partial charge is 0.457 e. The quantitative estimate of drug-likeness (QED) is 0.754. The lowest BCUT2D eigenvalue weighted by Gasteiger charge is -2.07. The molecule has 17 heavy (non-hydrogen) atoms. The predicted octanol–water partition coefficient (Wildman–Crippen LogP) is 4.28. The van der Waals surface area contributed by atoms with E-state index in [4.69, 9.17) is 21.6 Å². The Hall–Kier alpha value is -1.98. The van der Waals surface area contributed by atoms with Crippen molar-refractivity contribution in [1.82, 2.24) is 0 Å². The van der Waals surface area contributed by atoms with Crippen molar-refractivity contribution in [2.45, 2.75) is 5.38 Å². The molecule has 0 spiro atoms. The fourth-order valence-corrected chi connectivity index (χ4v) is 1.57. The van der Waals surface area contributed by atoms with Crippen LogP contribution in [0.15, 0.2) is 54.6 Å². The molecule has 0 heterocycles. The van der Waals surface area contributed by atoms with Crippen molar-refractivity contribution in [3.8, 4) is 17.6 Å². The molecule has 2 aromatic carbocycles. The Balaban J connectivity index is 2.20. The minimum atomic E-state index is -0.644. The Bertz CT molecular complexity index is 533. The average Bonchev–Trinajstić information content (AvgIpc) is 2.39. The predicted molar refractivity (Wildman–Crippen MR) is 67.2 cm³/mol. The molecule has 0 aliphatic rings. The van der Waals surface area contributed by atoms with E-state index in [1.807, 2.05) is 48.5 Å². The van der Waals surface area contributed by atoms with E-state index in [0.29, 0.717) is 5.75 Å². The maximum absolute atomic E-state index is 8.75. The summed E-state index contributed by atoms with van der Waals surface area (Å²) >= 11 is 5.85. The van der Waals surface area contributed by atoms with Crippen LogP contribution in [-0.4, -0.2) is 0 Å². The number of nitrogens with zero attached hydrogens (tertiary/aromatic N) is 1. The number of alkyl halides is 1. The molecule has 3 heteroatoms. The lowest BCUT2D eigenvalue weighted by molar-refractivity contribution is 0.482. The Morgan fingerprint density at radius 2 is 1.71 bits per heavy atom. The third kappa shape index (κ3) is 2.99. The summed E-state index contributed by atoms with van der Waals surface area (Å²) in [6.45, 7) is 0. The van der Waals surface area contributed by atoms with Gasteiger partial charge in [-0.3, -0.25) is 0 Å². The van der Waals surface area contributed by atoms with Crippen molar-refractivity contribution in [2.24, 2.45) is 0 Å². The molecule has 0 saturated carbocycles. The van der Waals surface area contributed by atoms with Gasteiger partial charge in [0.05, 0.1) is 6.07 Å². The van der Waals surface area contributed by atoms with Crippen molar-refractivity contribution >= 4 is 11.6 Å². The summed E-state index contributed by atoms with van der Waals surface area (Å²) in [6.07, 6.45) is 0. The van der Waals surface area contributed by atoms with Crippen molar-refractivity contribution in [3.63, 3.8) is 0 Å². The van der Waals surface area contributed by atoms with Crippen LogP contribution in [0.25, 0.3) is 0 Å². The molecule has 0 aromatic heterocycles. The average molecular weight is 244 g/mol. The summed E-state index contributed by atoms with van der Waals surface area (Å²) in [5, 5.41) is 8.10. The van der Waals surface area contributed by atoms with Gasteiger partial charge < -0.3 is 4.74 Å². The number of hydrogen-bond acceptors (Lipinski definition) is 2. The highest BCUT2D eigenvalue weighted by molar-refractivity contribution is 6.22. The molecule has 0 amide bonds. The first-order valence-corrected chi connectivity index (χ1v) is 5.60. The van der Waals surface area contributed by atoms with Crippen LogP contribution in [-0.2, 0) is 0 Å². The fourth-order valence-electron chi connectivity index (χ4n) is 1.43. The van der Waals surface area contributed by atoms with Gasteiger partial charge in [0.25, 0.3) is 0 Å². The van der Waals surface area contributed by atoms with Gasteiger partial charge >= 0.3 is 0 Å². The van der Waals surface area contributed by atoms with Gasteiger partial charge in [-0.05, 0) is 29.8 Å². The van der Waals surface area contributed by atoms with Crippen LogP contribution < -0.4 is 4.74 Å². The first kappa shape index (κ1) is 11.5. The molecule has 2 rings (SSSR count). The van der Waals surface area contributed by atoms with E-state index in [1.165, 1.54) is 0 Å². The Labute approximate surface area is 105 Å². The van der Waals surface area contributed by atoms with E-state index < -0.39 is 5.38 Å². The molecule has 0 N–H and O–H groups in total. The summed E-state index contributed by atoms with van der Waals surface area (Å²) in [4.78, 5) is 0. The van der Waals surface area contributed by atoms with Crippen molar-refractivity contribution in [1.29, 1.82) is 5.26 Å². The van der Waals surface area contributed by atoms with Crippen LogP contribution in [0.5, 0.6) is 11.5 Å². The number of ether oxygens (including phenoxy) is 1. The second kappa shape index (κ2) is 5.38. The monoisotopic (exact) mass is 243 g/mol. The zero-order chi connectivity index (χ0) is 12.1. The summed E-state index contributed by atoms with van der Waals surface area (Å²) in [5.74, 6) is 1.43. The summed E-state index contributed by atoms with van der Waals surface area (Å²) < 4.78 is 5.65. The van der Waals surface area contributed by atoms with Gasteiger partial charge in [-0.2, -0.15) is 5.26 Å². The molecule has 0 aliphatic heterocycles. The van der Waals surface area contributed by atoms with E-state index in [-0.39, 0.29) is 0 Å². The van der Waals surface area contributed by atoms with Crippen LogP contribution in [0.1, 0.15) is 10.9 Å². The normalized spacial score (nSPS) is 11.5. The van der Waals surface area contributed by atoms with Crippen molar-refractivity contribution in [2.75, 3.05) is 0 Å². The molecule has 0 aliphatic carbocycles. The molecule has 84 valence electrons. The number of para-hydroxylation sites is 1. The topological polar surface area (TPSA) is 33.0 Å². The lowest BCUT2D eigenvalue weighted by Crippen LogP contribution is -1.88. The summed E-state index contributed by atoms with van der Waals surface area (Å²) in [5.41, 5.74) is 0.739. The maximum Gasteiger partial charge on any atom is 0.145 e. The highest BCUT2D eigenvalue weighted by Gasteiger charge is 2.07. The first-order valence-electron chi connectivity index (χ1n) is 5.16. The number of nitriles is 1. The molecule has 0 fully saturated rings. The van der Waals surface area contributed by atoms with Gasteiger partial charge in [-0.25, -0.2) is 0 Å². The fraction of sp³-hybridized carbons (Fsp3) is 0.0714. The number of hydrogen-bond donors (Lipinski definition) is 0. The molecular formula is C14H10ClNO. The standard InChI is InChI=1S/C14H10ClNO/c15-14(10-16)11-5-4-8-13(9-11)17-12-6-2-1-3-7-12/h1-9,14H. The van der Waals surface area contributed by atoms with Gasteiger partial charge in [0, 0.05) is 0 Å². The molecule has 0 radical (unpaired) electrons. The van der Waals surface area contributed by atoms with E-state index >= 15 is 0 Å². The highest BCUT2D eigenvalue weighted by atomic mass is 35.5. The third-order valence-electron chi connectivity index (χ3n) is 2.24. The van der Waals surface area contributed by atoms with Gasteiger partial charge in [0.1, 0.15) is 16.9 Å². The van der Waals surface area contributed by atoms with E-state index in [9.17, 15) is 0 Å². The van der Waals surface area contributed by atoms with Crippen LogP contribution in [0.4, 0.5) is 0 Å². The molecule has 1 unspecified atom stereocenters. The van der Waals surface area contributed by atoms with Crippen molar-refractivity contribution < 1.29 is 4.74 Å². The van der Waals surface area contributed by atoms with Gasteiger partial charge in [0.15, 0.2) is 0 Å². The van der Waals surface area contributed by atoms with E-state index in [2.05, 4.69) is 0 Å². The maximum atomic E-state index is 8.75. The lowest BCUT2D eigenvalue weighted by atomic mass is 10.1. The summed E-state index contributed by atoms with van der Waals surface area (Å²) in [7, 11) is 0. The van der Waals surface area contributed by atoms with Crippen LogP contribution >= 0.6 is 11.6 Å². The molecular weight excluding hydrogens is 234 g/mol. The van der Waals surface area contributed by atoms with E-state index in [1.54, 1.807) is 12.1 Å². The number of halogens is 1. The van der Waals surface area contributed by atoms with Gasteiger partial charge in [-0.15, -0.1) is 11.6 Å². The van der Waals surface area contributed by atoms with Gasteiger partial charge in [-0.1, -0.05) is 30.3 Å². The Morgan fingerprint density at radius 3 is 2.41 bits per heavy atom. The number of benzene rings is 2. The molecule has 0 bridgehead atoms. The first-order chi connectivity index (χ1) is 8.29. The highest BCUT2D eigenvalue weighted by Crippen LogP contribution is 2.26. The minimum Gasteiger partial charge on any atom is -0.457 e. The second-order valence-corrected chi connectivity index (χ2v) is 3.92. The Kier molecular flexibility index (Phi) is 3.64. The smallest absolute Gasteiger partial charge is 0.145 e. The van der Waals surface area contributed by atoms with Crippen LogP contribution in [0, 0.1) is 11.3 Å². The van der Waals surface area contributed by atoms with Crippen LogP contribution in [0.3, 0.4) is 0 Å². The zero-order valence-corrected chi connectivity index (χ0v) is 9.76. The summed E-state index contributed by atoms with van der Waals surface area (Å²) in [6, 6.07) is 18.7. The van der Waals surface area contributed by atoms with Crippen molar-refractivity contribution in [3.05, 3.63) is 60.2 Å². The van der Waals surface area contributed by atoms with Gasteiger partial charge in [0.2, 0.25) is 0 Å². The second-order valence-electron chi connectivity index (χ2n) is 3.48. The molecule has 0 saturated heterocycles. The Morgan fingerprint density at radius 1 is 1.00 bits per heavy atom. The minimum absolute atomic E-state index is 0.644. The zero-order valence-electron chi connectivity index (χ0n) is 9.01.